The molecule has 0 spiro atoms. The molecule has 2 heterocycles. The highest BCUT2D eigenvalue weighted by atomic mass is 79.9. The standard InChI is InChI=1S/C26H36N2O8.2BrH/c1-6-32-12-14-35-25(30)22-18(4)27-19(5)23(26(31)36-15-13-33-7-2)24(22)20-10-9-11-28(16-20)17-21(29)34-8-3;;/h9-11,16,24H,6-8,12-15,17H2,1-5H3;2*1H. The van der Waals surface area contributed by atoms with Crippen molar-refractivity contribution in [3.8, 4) is 0 Å². The topological polar surface area (TPSA) is 113 Å². The third kappa shape index (κ3) is 10.5. The number of aromatic nitrogens is 1. The Balaban J connectivity index is 0.00000684. The van der Waals surface area contributed by atoms with Crippen molar-refractivity contribution < 1.29 is 59.6 Å². The van der Waals surface area contributed by atoms with E-state index in [0.717, 1.165) is 0 Å². The van der Waals surface area contributed by atoms with E-state index >= 15 is 0 Å². The van der Waals surface area contributed by atoms with Gasteiger partial charge >= 0.3 is 17.9 Å². The number of nitrogens with zero attached hydrogens (tertiary/aromatic N) is 1. The summed E-state index contributed by atoms with van der Waals surface area (Å²) in [6, 6.07) is 3.54. The monoisotopic (exact) mass is 664 g/mol. The van der Waals surface area contributed by atoms with E-state index in [9.17, 15) is 14.4 Å². The van der Waals surface area contributed by atoms with Gasteiger partial charge in [0.05, 0.1) is 36.9 Å². The zero-order chi connectivity index (χ0) is 26.5. The molecule has 2 rings (SSSR count). The molecule has 0 radical (unpaired) electrons. The molecule has 0 bridgehead atoms. The van der Waals surface area contributed by atoms with Crippen LogP contribution >= 0.6 is 17.0 Å². The van der Waals surface area contributed by atoms with Gasteiger partial charge in [0.1, 0.15) is 13.2 Å². The first-order valence-electron chi connectivity index (χ1n) is 12.2. The molecule has 0 unspecified atom stereocenters. The van der Waals surface area contributed by atoms with Crippen molar-refractivity contribution >= 4 is 34.9 Å². The number of carbonyl (C=O) groups excluding carboxylic acids is 3. The quantitative estimate of drug-likeness (QED) is 0.122. The van der Waals surface area contributed by atoms with Gasteiger partial charge in [0.2, 0.25) is 6.54 Å². The Morgan fingerprint density at radius 2 is 1.37 bits per heavy atom. The number of ether oxygens (including phenoxy) is 5. The van der Waals surface area contributed by atoms with Gasteiger partial charge in [0, 0.05) is 36.2 Å². The molecule has 0 aromatic carbocycles. The maximum atomic E-state index is 13.2. The van der Waals surface area contributed by atoms with Crippen molar-refractivity contribution in [1.82, 2.24) is 5.32 Å². The number of halogens is 2. The predicted octanol–water partition coefficient (Wildman–Crippen LogP) is -0.487. The van der Waals surface area contributed by atoms with E-state index in [0.29, 0.717) is 30.2 Å². The minimum Gasteiger partial charge on any atom is -1.00 e. The van der Waals surface area contributed by atoms with Gasteiger partial charge in [-0.1, -0.05) is 0 Å². The molecule has 0 saturated carbocycles. The zero-order valence-corrected chi connectivity index (χ0v) is 25.8. The van der Waals surface area contributed by atoms with Crippen LogP contribution in [0.15, 0.2) is 47.1 Å². The van der Waals surface area contributed by atoms with E-state index < -0.39 is 23.8 Å². The summed E-state index contributed by atoms with van der Waals surface area (Å²) in [6.45, 7) is 10.9. The number of carbonyl (C=O) groups is 3. The summed E-state index contributed by atoms with van der Waals surface area (Å²) in [7, 11) is 0. The molecule has 0 fully saturated rings. The van der Waals surface area contributed by atoms with Crippen LogP contribution in [0.5, 0.6) is 0 Å². The van der Waals surface area contributed by atoms with Gasteiger partial charge in [0.25, 0.3) is 0 Å². The number of dihydropyridines is 1. The lowest BCUT2D eigenvalue weighted by atomic mass is 9.81. The molecule has 0 aliphatic carbocycles. The van der Waals surface area contributed by atoms with Gasteiger partial charge < -0.3 is 46.0 Å². The highest BCUT2D eigenvalue weighted by Crippen LogP contribution is 2.38. The third-order valence-corrected chi connectivity index (χ3v) is 5.36. The summed E-state index contributed by atoms with van der Waals surface area (Å²) in [6.07, 6.45) is 3.43. The Morgan fingerprint density at radius 1 is 0.842 bits per heavy atom. The molecule has 1 aliphatic heterocycles. The van der Waals surface area contributed by atoms with Gasteiger partial charge in [-0.3, -0.25) is 0 Å². The van der Waals surface area contributed by atoms with E-state index in [1.165, 1.54) is 0 Å². The summed E-state index contributed by atoms with van der Waals surface area (Å²) < 4.78 is 28.2. The SMILES string of the molecule is Br.CCOCCOC(=O)C1=C(C)NC(C)=C(C(=O)OCCOCC)C1c1ccc[n+](CC(=O)OCC)c1.[Br-]. The molecule has 0 amide bonds. The van der Waals surface area contributed by atoms with E-state index in [1.54, 1.807) is 49.9 Å². The van der Waals surface area contributed by atoms with Gasteiger partial charge in [-0.05, 0) is 40.7 Å². The highest BCUT2D eigenvalue weighted by molar-refractivity contribution is 8.93. The summed E-state index contributed by atoms with van der Waals surface area (Å²) in [5.41, 5.74) is 2.30. The Hall–Kier alpha value is -2.28. The summed E-state index contributed by atoms with van der Waals surface area (Å²) in [4.78, 5) is 38.5. The van der Waals surface area contributed by atoms with Crippen molar-refractivity contribution in [3.05, 3.63) is 52.6 Å². The zero-order valence-electron chi connectivity index (χ0n) is 22.5. The molecular formula is C26H38Br2N2O8. The van der Waals surface area contributed by atoms with Crippen molar-refractivity contribution in [2.45, 2.75) is 47.1 Å². The summed E-state index contributed by atoms with van der Waals surface area (Å²) in [5, 5.41) is 3.12. The fourth-order valence-corrected chi connectivity index (χ4v) is 3.87. The van der Waals surface area contributed by atoms with Crippen molar-refractivity contribution in [1.29, 1.82) is 0 Å². The molecule has 1 aliphatic rings. The Bertz CT molecular complexity index is 951. The van der Waals surface area contributed by atoms with Gasteiger partial charge in [0.15, 0.2) is 12.4 Å². The van der Waals surface area contributed by atoms with Crippen LogP contribution in [0.2, 0.25) is 0 Å². The van der Waals surface area contributed by atoms with Crippen LogP contribution in [0.25, 0.3) is 0 Å². The predicted molar refractivity (Wildman–Crippen MR) is 140 cm³/mol. The molecule has 38 heavy (non-hydrogen) atoms. The van der Waals surface area contributed by atoms with Crippen LogP contribution in [0.1, 0.15) is 46.1 Å². The van der Waals surface area contributed by atoms with Crippen LogP contribution in [-0.2, 0) is 44.6 Å². The maximum Gasteiger partial charge on any atom is 0.372 e. The van der Waals surface area contributed by atoms with Crippen molar-refractivity contribution in [2.24, 2.45) is 0 Å². The van der Waals surface area contributed by atoms with Gasteiger partial charge in [-0.15, -0.1) is 17.0 Å². The number of pyridine rings is 1. The lowest BCUT2D eigenvalue weighted by Crippen LogP contribution is -3.00. The van der Waals surface area contributed by atoms with Crippen molar-refractivity contribution in [2.75, 3.05) is 46.2 Å². The lowest BCUT2D eigenvalue weighted by Gasteiger charge is -2.30. The van der Waals surface area contributed by atoms with E-state index in [2.05, 4.69) is 5.32 Å². The first-order valence-corrected chi connectivity index (χ1v) is 12.2. The molecule has 10 nitrogen and oxygen atoms in total. The molecule has 1 N–H and O–H groups in total. The number of nitrogens with one attached hydrogen (secondary N) is 1. The minimum absolute atomic E-state index is 0. The van der Waals surface area contributed by atoms with E-state index in [4.69, 9.17) is 23.7 Å². The minimum atomic E-state index is -0.778. The first kappa shape index (κ1) is 35.7. The fraction of sp³-hybridized carbons (Fsp3) is 0.538. The Kier molecular flexibility index (Phi) is 17.8. The van der Waals surface area contributed by atoms with E-state index in [-0.39, 0.29) is 84.7 Å². The smallest absolute Gasteiger partial charge is 0.372 e. The maximum absolute atomic E-state index is 13.2. The second kappa shape index (κ2) is 18.9. The molecule has 12 heteroatoms. The Labute approximate surface area is 245 Å². The largest absolute Gasteiger partial charge is 1.00 e. The average molecular weight is 666 g/mol. The first-order chi connectivity index (χ1) is 17.3. The number of hydrogen-bond acceptors (Lipinski definition) is 9. The van der Waals surface area contributed by atoms with Crippen molar-refractivity contribution in [3.63, 3.8) is 0 Å². The Morgan fingerprint density at radius 3 is 1.84 bits per heavy atom. The number of rotatable bonds is 14. The molecule has 214 valence electrons. The highest BCUT2D eigenvalue weighted by Gasteiger charge is 2.39. The molecular weight excluding hydrogens is 628 g/mol. The van der Waals surface area contributed by atoms with Crippen LogP contribution in [0, 0.1) is 0 Å². The second-order valence-corrected chi connectivity index (χ2v) is 7.92. The van der Waals surface area contributed by atoms with Gasteiger partial charge in [-0.2, -0.15) is 4.57 Å². The number of hydrogen-bond donors (Lipinski definition) is 1. The molecule has 1 aromatic rings. The van der Waals surface area contributed by atoms with E-state index in [1.807, 2.05) is 13.8 Å². The lowest BCUT2D eigenvalue weighted by molar-refractivity contribution is -0.686. The van der Waals surface area contributed by atoms with Gasteiger partial charge in [-0.25, -0.2) is 14.4 Å². The molecule has 0 saturated heterocycles. The van der Waals surface area contributed by atoms with Crippen LogP contribution < -0.4 is 26.9 Å². The van der Waals surface area contributed by atoms with Crippen LogP contribution in [0.4, 0.5) is 0 Å². The van der Waals surface area contributed by atoms with Crippen LogP contribution in [-0.4, -0.2) is 64.2 Å². The number of esters is 3. The average Bonchev–Trinajstić information content (AvgIpc) is 2.84. The third-order valence-electron chi connectivity index (χ3n) is 5.36. The summed E-state index contributed by atoms with van der Waals surface area (Å²) >= 11 is 0. The second-order valence-electron chi connectivity index (χ2n) is 7.92. The van der Waals surface area contributed by atoms with Crippen LogP contribution in [0.3, 0.4) is 0 Å². The number of allylic oxidation sites excluding steroid dienone is 2. The summed E-state index contributed by atoms with van der Waals surface area (Å²) in [5.74, 6) is -2.31. The fourth-order valence-electron chi connectivity index (χ4n) is 3.87. The molecule has 1 aromatic heterocycles. The normalized spacial score (nSPS) is 13.2. The molecule has 0 atom stereocenters.